The summed E-state index contributed by atoms with van der Waals surface area (Å²) in [7, 11) is 0. The van der Waals surface area contributed by atoms with Gasteiger partial charge in [-0.2, -0.15) is 15.0 Å². The molecule has 1 unspecified atom stereocenters. The number of carbonyl (C=O) groups excluding carboxylic acids is 2. The second-order valence-corrected chi connectivity index (χ2v) is 19.9. The zero-order valence-electron chi connectivity index (χ0n) is 44.9. The van der Waals surface area contributed by atoms with Crippen LogP contribution >= 0.6 is 0 Å². The molecule has 0 bridgehead atoms. The number of aliphatic carboxylic acids is 7. The third kappa shape index (κ3) is 28.0. The third-order valence-electron chi connectivity index (χ3n) is 13.5. The molecule has 80 heavy (non-hydrogen) atoms. The van der Waals surface area contributed by atoms with Crippen LogP contribution in [-0.4, -0.2) is 247 Å². The summed E-state index contributed by atoms with van der Waals surface area (Å²) in [6.07, 6.45) is 5.79. The first kappa shape index (κ1) is 68.4. The van der Waals surface area contributed by atoms with Gasteiger partial charge in [0, 0.05) is 147 Å². The number of nitrogens with one attached hydrogen (secondary N) is 4. The number of Topliss-reactive ketones (excluding diaryl/α,β-unsaturated/α-hetero) is 1. The Labute approximate surface area is 493 Å². The van der Waals surface area contributed by atoms with Crippen molar-refractivity contribution in [1.29, 1.82) is 0 Å². The molecule has 2 aromatic rings. The van der Waals surface area contributed by atoms with E-state index in [0.29, 0.717) is 56.6 Å². The van der Waals surface area contributed by atoms with Crippen molar-refractivity contribution >= 4 is 65.5 Å². The maximum Gasteiger partial charge on any atom is 0.326 e. The normalized spacial score (nSPS) is 16.9. The number of aromatic nitrogens is 3. The number of amides is 2. The van der Waals surface area contributed by atoms with E-state index in [1.54, 1.807) is 19.6 Å². The number of carbonyl (C=O) groups is 9. The number of carboxylic acid groups (broad SMARTS) is 7. The van der Waals surface area contributed by atoms with Gasteiger partial charge in [0.25, 0.3) is 0 Å². The minimum absolute atomic E-state index is 0. The summed E-state index contributed by atoms with van der Waals surface area (Å²) >= 11 is 0. The van der Waals surface area contributed by atoms with Crippen molar-refractivity contribution in [1.82, 2.24) is 50.5 Å². The molecule has 0 spiro atoms. The predicted molar refractivity (Wildman–Crippen MR) is 284 cm³/mol. The molecule has 1 aromatic heterocycles. The van der Waals surface area contributed by atoms with Gasteiger partial charge in [0.15, 0.2) is 0 Å². The van der Waals surface area contributed by atoms with Crippen molar-refractivity contribution < 1.29 is 116 Å². The molecule has 11 N–H and O–H groups in total. The maximum atomic E-state index is 12.5. The van der Waals surface area contributed by atoms with Gasteiger partial charge in [-0.1, -0.05) is 56.4 Å². The van der Waals surface area contributed by atoms with E-state index >= 15 is 0 Å². The van der Waals surface area contributed by atoms with Crippen LogP contribution in [0.1, 0.15) is 94.0 Å². The van der Waals surface area contributed by atoms with Crippen molar-refractivity contribution in [2.45, 2.75) is 108 Å². The molecule has 1 radical (unpaired) electrons. The molecule has 0 saturated carbocycles. The number of nitrogens with zero attached hydrogens (tertiary/aromatic N) is 8. The molecule has 2 amide bonds. The molecular weight excluding hydrogens is 1210 g/mol. The minimum atomic E-state index is -1.53. The summed E-state index contributed by atoms with van der Waals surface area (Å²) in [5.74, 6) is -7.05. The van der Waals surface area contributed by atoms with Crippen LogP contribution in [0.4, 0.5) is 16.7 Å². The van der Waals surface area contributed by atoms with Gasteiger partial charge in [0.2, 0.25) is 11.9 Å². The van der Waals surface area contributed by atoms with Crippen LogP contribution in [0.5, 0.6) is 0 Å². The average molecular weight is 1290 g/mol. The molecule has 3 atom stereocenters. The molecule has 2 aliphatic rings. The predicted octanol–water partition coefficient (Wildman–Crippen LogP) is 0.295. The number of piperazine rings is 1. The summed E-state index contributed by atoms with van der Waals surface area (Å²) in [4.78, 5) is 130. The van der Waals surface area contributed by atoms with Crippen molar-refractivity contribution in [2.24, 2.45) is 0 Å². The van der Waals surface area contributed by atoms with E-state index in [1.807, 2.05) is 24.3 Å². The summed E-state index contributed by atoms with van der Waals surface area (Å²) < 4.78 is 0. The molecule has 3 heterocycles. The first-order valence-electron chi connectivity index (χ1n) is 26.8. The molecule has 2 saturated heterocycles. The van der Waals surface area contributed by atoms with Crippen LogP contribution in [0.15, 0.2) is 24.3 Å². The van der Waals surface area contributed by atoms with Crippen LogP contribution in [0, 0.1) is 36.9 Å². The molecule has 29 heteroatoms. The fourth-order valence-corrected chi connectivity index (χ4v) is 9.28. The second kappa shape index (κ2) is 37.2. The second-order valence-electron chi connectivity index (χ2n) is 19.9. The monoisotopic (exact) mass is 1290 g/mol. The number of rotatable bonds is 34. The van der Waals surface area contributed by atoms with Gasteiger partial charge in [-0.3, -0.25) is 48.4 Å². The van der Waals surface area contributed by atoms with Crippen LogP contribution < -0.4 is 26.2 Å². The molecule has 2 fully saturated rings. The first-order chi connectivity index (χ1) is 37.7. The Morgan fingerprint density at radius 2 is 1.05 bits per heavy atom. The SMILES string of the molecule is O=C(O)CC[C@H](NC(=O)N[C@@H](CCC(=O)CCCCCCCCCNc1nc(Cc2ccc(CC3CN(CC(=O)O)CCN(CC(=O)O)CCN(CC(=O)O)CCN3CC(=O)O)cc2)nc(N2CCNCC2)n1)C(=O)O)C(=O)O.[Lu]. The van der Waals surface area contributed by atoms with Crippen LogP contribution in [0.2, 0.25) is 0 Å². The quantitative estimate of drug-likeness (QED) is 0.0420. The van der Waals surface area contributed by atoms with E-state index in [9.17, 15) is 73.8 Å². The Kier molecular flexibility index (Phi) is 31.8. The molecule has 1 aromatic carbocycles. The Morgan fingerprint density at radius 3 is 1.60 bits per heavy atom. The van der Waals surface area contributed by atoms with Crippen LogP contribution in [0.3, 0.4) is 0 Å². The van der Waals surface area contributed by atoms with Crippen molar-refractivity contribution in [3.63, 3.8) is 0 Å². The topological polar surface area (TPSA) is 398 Å². The van der Waals surface area contributed by atoms with Crippen LogP contribution in [0.25, 0.3) is 0 Å². The number of ketones is 1. The zero-order chi connectivity index (χ0) is 57.7. The summed E-state index contributed by atoms with van der Waals surface area (Å²) in [5, 5.41) is 77.5. The zero-order valence-corrected chi connectivity index (χ0v) is 46.6. The molecule has 453 valence electrons. The van der Waals surface area contributed by atoms with Gasteiger partial charge in [-0.15, -0.1) is 0 Å². The molecular formula is C51H78LuN12O16. The fourth-order valence-electron chi connectivity index (χ4n) is 9.28. The van der Waals surface area contributed by atoms with Crippen LogP contribution in [-0.2, 0) is 51.2 Å². The van der Waals surface area contributed by atoms with Crippen molar-refractivity contribution in [3.8, 4) is 0 Å². The van der Waals surface area contributed by atoms with Gasteiger partial charge in [-0.05, 0) is 43.2 Å². The fraction of sp³-hybridized carbons (Fsp3) is 0.647. The largest absolute Gasteiger partial charge is 0.481 e. The van der Waals surface area contributed by atoms with E-state index in [-0.39, 0.29) is 134 Å². The van der Waals surface area contributed by atoms with Crippen molar-refractivity contribution in [2.75, 3.05) is 115 Å². The van der Waals surface area contributed by atoms with Crippen molar-refractivity contribution in [3.05, 3.63) is 41.2 Å². The number of carboxylic acids is 7. The van der Waals surface area contributed by atoms with Gasteiger partial charge in [0.1, 0.15) is 23.7 Å². The number of unbranched alkanes of at least 4 members (excludes halogenated alkanes) is 6. The number of benzene rings is 1. The molecule has 4 rings (SSSR count). The third-order valence-corrected chi connectivity index (χ3v) is 13.5. The van der Waals surface area contributed by atoms with E-state index in [1.165, 1.54) is 0 Å². The number of anilines is 2. The van der Waals surface area contributed by atoms with Gasteiger partial charge in [0.05, 0.1) is 26.2 Å². The smallest absolute Gasteiger partial charge is 0.326 e. The average Bonchev–Trinajstić information content (AvgIpc) is 3.38. The van der Waals surface area contributed by atoms with Gasteiger partial charge < -0.3 is 61.9 Å². The number of hydrogen-bond acceptors (Lipinski definition) is 19. The van der Waals surface area contributed by atoms with Gasteiger partial charge in [-0.25, -0.2) is 14.4 Å². The Morgan fingerprint density at radius 1 is 0.550 bits per heavy atom. The Balaban J connectivity index is 0.0000168. The molecule has 2 aliphatic heterocycles. The summed E-state index contributed by atoms with van der Waals surface area (Å²) in [5.41, 5.74) is 1.76. The maximum absolute atomic E-state index is 12.5. The molecule has 28 nitrogen and oxygen atoms in total. The van der Waals surface area contributed by atoms with E-state index in [4.69, 9.17) is 20.1 Å². The van der Waals surface area contributed by atoms with E-state index in [2.05, 4.69) is 26.2 Å². The summed E-state index contributed by atoms with van der Waals surface area (Å²) in [6.45, 7) is 3.55. The number of urea groups is 1. The number of hydrogen-bond donors (Lipinski definition) is 11. The molecule has 0 aliphatic carbocycles. The Hall–Kier alpha value is -5.91. The minimum Gasteiger partial charge on any atom is -0.481 e. The van der Waals surface area contributed by atoms with E-state index < -0.39 is 78.8 Å². The standard InChI is InChI=1S/C51H78N12O16.Lu/c64-38(13-14-39(47(75)76)54-51(79)55-40(48(77)78)15-16-42(65)66)8-6-4-2-1-3-5-7-17-53-49-56-41(57-50(58-49)62-20-18-52-19-21-62)29-36-11-9-35(10-12-36)28-37-30-61(33-45(71)72)25-24-59(31-43(67)68)22-23-60(32-44(69)70)26-27-63(37)34-46(73)74;/h9-12,37,39-40,52H,1-8,13-34H2,(H,65,66)(H,67,68)(H,69,70)(H,71,72)(H,73,74)(H,75,76)(H,77,78)(H2,54,55,79)(H,53,56,57,58);/t37?,39-,40-;/m0./s1. The van der Waals surface area contributed by atoms with E-state index in [0.717, 1.165) is 62.7 Å². The summed E-state index contributed by atoms with van der Waals surface area (Å²) in [6, 6.07) is 3.16. The first-order valence-corrected chi connectivity index (χ1v) is 26.8. The van der Waals surface area contributed by atoms with Gasteiger partial charge >= 0.3 is 47.8 Å². The Bertz CT molecular complexity index is 2330.